The number of aromatic nitrogens is 3. The Kier molecular flexibility index (Phi) is 4.86. The molecule has 29 heavy (non-hydrogen) atoms. The van der Waals surface area contributed by atoms with Gasteiger partial charge in [-0.15, -0.1) is 0 Å². The summed E-state index contributed by atoms with van der Waals surface area (Å²) in [6, 6.07) is 9.29. The summed E-state index contributed by atoms with van der Waals surface area (Å²) in [5.74, 6) is 0.307. The SMILES string of the molecule is O=C(NCc1ccc(S(=O)N2CC3CCOC3C2)cc1)c1cnc2[nH]ncc2c1. The zero-order valence-electron chi connectivity index (χ0n) is 15.7. The van der Waals surface area contributed by atoms with Crippen LogP contribution in [0.3, 0.4) is 0 Å². The Labute approximate surface area is 170 Å². The second kappa shape index (κ2) is 7.66. The topological polar surface area (TPSA) is 100 Å². The highest BCUT2D eigenvalue weighted by Crippen LogP contribution is 2.30. The van der Waals surface area contributed by atoms with Crippen LogP contribution >= 0.6 is 0 Å². The fraction of sp³-hybridized carbons (Fsp3) is 0.350. The molecule has 5 rings (SSSR count). The van der Waals surface area contributed by atoms with Gasteiger partial charge in [0.05, 0.1) is 22.8 Å². The number of nitrogens with one attached hydrogen (secondary N) is 2. The Bertz CT molecular complexity index is 1060. The van der Waals surface area contributed by atoms with Crippen molar-refractivity contribution in [3.05, 3.63) is 53.9 Å². The van der Waals surface area contributed by atoms with Crippen LogP contribution in [0.2, 0.25) is 0 Å². The number of nitrogens with zero attached hydrogens (tertiary/aromatic N) is 3. The third kappa shape index (κ3) is 3.68. The fourth-order valence-electron chi connectivity index (χ4n) is 3.89. The van der Waals surface area contributed by atoms with E-state index in [4.69, 9.17) is 4.74 Å². The van der Waals surface area contributed by atoms with Gasteiger partial charge in [-0.2, -0.15) is 5.10 Å². The molecule has 8 nitrogen and oxygen atoms in total. The maximum atomic E-state index is 12.8. The fourth-order valence-corrected chi connectivity index (χ4v) is 5.17. The summed E-state index contributed by atoms with van der Waals surface area (Å²) in [5, 5.41) is 10.4. The molecule has 3 atom stereocenters. The van der Waals surface area contributed by atoms with Gasteiger partial charge in [0, 0.05) is 43.7 Å². The van der Waals surface area contributed by atoms with Crippen LogP contribution in [0.4, 0.5) is 0 Å². The summed E-state index contributed by atoms with van der Waals surface area (Å²) < 4.78 is 20.5. The van der Waals surface area contributed by atoms with E-state index in [-0.39, 0.29) is 12.0 Å². The Morgan fingerprint density at radius 1 is 1.28 bits per heavy atom. The second-order valence-corrected chi connectivity index (χ2v) is 8.90. The number of pyridine rings is 1. The maximum Gasteiger partial charge on any atom is 0.253 e. The van der Waals surface area contributed by atoms with Gasteiger partial charge in [0.2, 0.25) is 0 Å². The van der Waals surface area contributed by atoms with Crippen molar-refractivity contribution in [2.24, 2.45) is 5.92 Å². The number of benzene rings is 1. The number of H-pyrrole nitrogens is 1. The third-order valence-corrected chi connectivity index (χ3v) is 6.98. The van der Waals surface area contributed by atoms with Gasteiger partial charge in [0.1, 0.15) is 11.0 Å². The summed E-state index contributed by atoms with van der Waals surface area (Å²) in [5.41, 5.74) is 2.08. The molecule has 3 aromatic rings. The summed E-state index contributed by atoms with van der Waals surface area (Å²) >= 11 is 0. The molecule has 2 fully saturated rings. The third-order valence-electron chi connectivity index (χ3n) is 5.53. The van der Waals surface area contributed by atoms with Crippen LogP contribution < -0.4 is 5.32 Å². The normalized spacial score (nSPS) is 22.6. The van der Waals surface area contributed by atoms with E-state index in [2.05, 4.69) is 20.5 Å². The van der Waals surface area contributed by atoms with Crippen LogP contribution in [0.1, 0.15) is 22.3 Å². The molecular weight excluding hydrogens is 390 g/mol. The Hall–Kier alpha value is -2.62. The molecule has 0 radical (unpaired) electrons. The lowest BCUT2D eigenvalue weighted by Crippen LogP contribution is -2.26. The molecule has 4 heterocycles. The standard InChI is InChI=1S/C20H21N5O3S/c26-20(16-7-15-10-23-24-19(15)21-9-16)22-8-13-1-3-17(4-2-13)29(27)25-11-14-5-6-28-18(14)12-25/h1-4,7,9-10,14,18H,5-6,8,11-12H2,(H,22,26)(H,21,23,24). The van der Waals surface area contributed by atoms with E-state index < -0.39 is 11.0 Å². The van der Waals surface area contributed by atoms with E-state index in [1.165, 1.54) is 6.20 Å². The number of carbonyl (C=O) groups is 1. The highest BCUT2D eigenvalue weighted by Gasteiger charge is 2.39. The lowest BCUT2D eigenvalue weighted by Gasteiger charge is -2.16. The molecule has 150 valence electrons. The van der Waals surface area contributed by atoms with E-state index in [1.54, 1.807) is 12.3 Å². The van der Waals surface area contributed by atoms with Gasteiger partial charge < -0.3 is 10.1 Å². The first-order valence-electron chi connectivity index (χ1n) is 9.62. The predicted molar refractivity (Wildman–Crippen MR) is 107 cm³/mol. The average molecular weight is 411 g/mol. The molecule has 3 unspecified atom stereocenters. The minimum atomic E-state index is -1.18. The van der Waals surface area contributed by atoms with E-state index in [0.717, 1.165) is 42.0 Å². The molecule has 2 aliphatic rings. The molecular formula is C20H21N5O3S. The van der Waals surface area contributed by atoms with Gasteiger partial charge in [0.15, 0.2) is 5.65 Å². The van der Waals surface area contributed by atoms with E-state index in [0.29, 0.717) is 23.7 Å². The number of ether oxygens (including phenoxy) is 1. The first kappa shape index (κ1) is 18.4. The van der Waals surface area contributed by atoms with Crippen LogP contribution in [0.5, 0.6) is 0 Å². The van der Waals surface area contributed by atoms with Crippen LogP contribution in [0.15, 0.2) is 47.6 Å². The van der Waals surface area contributed by atoms with Crippen molar-refractivity contribution < 1.29 is 13.7 Å². The summed E-state index contributed by atoms with van der Waals surface area (Å²) in [4.78, 5) is 17.3. The summed E-state index contributed by atoms with van der Waals surface area (Å²) in [6.45, 7) is 2.76. The molecule has 0 bridgehead atoms. The number of aromatic amines is 1. The van der Waals surface area contributed by atoms with Crippen molar-refractivity contribution in [1.29, 1.82) is 0 Å². The predicted octanol–water partition coefficient (Wildman–Crippen LogP) is 1.63. The van der Waals surface area contributed by atoms with Crippen molar-refractivity contribution in [2.75, 3.05) is 19.7 Å². The molecule has 2 saturated heterocycles. The van der Waals surface area contributed by atoms with Crippen LogP contribution in [0.25, 0.3) is 11.0 Å². The van der Waals surface area contributed by atoms with Crippen molar-refractivity contribution >= 4 is 27.9 Å². The number of rotatable bonds is 5. The van der Waals surface area contributed by atoms with E-state index in [9.17, 15) is 9.00 Å². The van der Waals surface area contributed by atoms with Crippen molar-refractivity contribution in [2.45, 2.75) is 24.0 Å². The van der Waals surface area contributed by atoms with Gasteiger partial charge in [-0.25, -0.2) is 13.5 Å². The zero-order chi connectivity index (χ0) is 19.8. The van der Waals surface area contributed by atoms with Crippen molar-refractivity contribution in [3.63, 3.8) is 0 Å². The summed E-state index contributed by atoms with van der Waals surface area (Å²) in [6.07, 6.45) is 4.44. The maximum absolute atomic E-state index is 12.8. The molecule has 1 amide bonds. The molecule has 2 aromatic heterocycles. The quantitative estimate of drug-likeness (QED) is 0.665. The number of hydrogen-bond donors (Lipinski definition) is 2. The zero-order valence-corrected chi connectivity index (χ0v) is 16.5. The van der Waals surface area contributed by atoms with Crippen molar-refractivity contribution in [3.8, 4) is 0 Å². The Morgan fingerprint density at radius 3 is 2.97 bits per heavy atom. The first-order chi connectivity index (χ1) is 14.2. The van der Waals surface area contributed by atoms with Gasteiger partial charge in [0.25, 0.3) is 5.91 Å². The lowest BCUT2D eigenvalue weighted by molar-refractivity contribution is 0.0950. The van der Waals surface area contributed by atoms with Gasteiger partial charge in [-0.3, -0.25) is 9.89 Å². The van der Waals surface area contributed by atoms with E-state index in [1.807, 2.05) is 28.6 Å². The molecule has 2 aliphatic heterocycles. The lowest BCUT2D eigenvalue weighted by atomic mass is 10.1. The highest BCUT2D eigenvalue weighted by molar-refractivity contribution is 7.82. The van der Waals surface area contributed by atoms with Crippen LogP contribution in [-0.2, 0) is 22.3 Å². The van der Waals surface area contributed by atoms with Gasteiger partial charge >= 0.3 is 0 Å². The van der Waals surface area contributed by atoms with Crippen LogP contribution in [-0.4, -0.2) is 55.4 Å². The molecule has 1 aromatic carbocycles. The monoisotopic (exact) mass is 411 g/mol. The smallest absolute Gasteiger partial charge is 0.253 e. The van der Waals surface area contributed by atoms with E-state index >= 15 is 0 Å². The average Bonchev–Trinajstić information content (AvgIpc) is 3.47. The number of fused-ring (bicyclic) bond motifs is 2. The first-order valence-corrected chi connectivity index (χ1v) is 10.7. The molecule has 9 heteroatoms. The number of carbonyl (C=O) groups excluding carboxylic acids is 1. The number of amides is 1. The molecule has 0 aliphatic carbocycles. The summed E-state index contributed by atoms with van der Waals surface area (Å²) in [7, 11) is -1.18. The minimum Gasteiger partial charge on any atom is -0.376 e. The Morgan fingerprint density at radius 2 is 2.14 bits per heavy atom. The highest BCUT2D eigenvalue weighted by atomic mass is 32.2. The van der Waals surface area contributed by atoms with Gasteiger partial charge in [-0.05, 0) is 30.2 Å². The van der Waals surface area contributed by atoms with Crippen LogP contribution in [0, 0.1) is 5.92 Å². The minimum absolute atomic E-state index is 0.197. The Balaban J connectivity index is 1.19. The second-order valence-electron chi connectivity index (χ2n) is 7.41. The van der Waals surface area contributed by atoms with Crippen molar-refractivity contribution in [1.82, 2.24) is 24.8 Å². The molecule has 0 saturated carbocycles. The van der Waals surface area contributed by atoms with Gasteiger partial charge in [-0.1, -0.05) is 12.1 Å². The number of hydrogen-bond acceptors (Lipinski definition) is 5. The molecule has 0 spiro atoms. The molecule has 2 N–H and O–H groups in total. The largest absolute Gasteiger partial charge is 0.376 e.